The highest BCUT2D eigenvalue weighted by atomic mass is 15.0. The van der Waals surface area contributed by atoms with Gasteiger partial charge in [0.05, 0.1) is 11.7 Å². The molecule has 16 heavy (non-hydrogen) atoms. The average molecular weight is 219 g/mol. The van der Waals surface area contributed by atoms with Gasteiger partial charge in [0.1, 0.15) is 0 Å². The molecule has 1 N–H and O–H groups in total. The van der Waals surface area contributed by atoms with Crippen LogP contribution in [0.25, 0.3) is 0 Å². The molecule has 0 amide bonds. The molecule has 1 fully saturated rings. The second-order valence-electron chi connectivity index (χ2n) is 4.76. The fraction of sp³-hybridized carbons (Fsp3) is 0.692. The third-order valence-electron chi connectivity index (χ3n) is 3.41. The van der Waals surface area contributed by atoms with Crippen LogP contribution in [-0.2, 0) is 0 Å². The van der Waals surface area contributed by atoms with Gasteiger partial charge in [0, 0.05) is 18.6 Å². The summed E-state index contributed by atoms with van der Waals surface area (Å²) in [6, 6.07) is 0.376. The molecule has 1 aliphatic carbocycles. The molecule has 1 heterocycles. The minimum absolute atomic E-state index is 0.376. The third kappa shape index (κ3) is 2.79. The summed E-state index contributed by atoms with van der Waals surface area (Å²) < 4.78 is 0. The normalized spacial score (nSPS) is 19.4. The molecule has 1 aromatic heterocycles. The molecule has 0 saturated heterocycles. The fourth-order valence-corrected chi connectivity index (χ4v) is 2.23. The molecule has 88 valence electrons. The first-order valence-electron chi connectivity index (χ1n) is 6.32. The first kappa shape index (κ1) is 11.5. The lowest BCUT2D eigenvalue weighted by atomic mass is 9.94. The first-order valence-corrected chi connectivity index (χ1v) is 6.32. The minimum Gasteiger partial charge on any atom is -0.308 e. The van der Waals surface area contributed by atoms with Gasteiger partial charge in [-0.05, 0) is 37.6 Å². The molecule has 1 aliphatic rings. The van der Waals surface area contributed by atoms with Gasteiger partial charge in [-0.15, -0.1) is 0 Å². The van der Waals surface area contributed by atoms with Crippen molar-refractivity contribution in [2.45, 2.75) is 39.2 Å². The number of hydrogen-bond donors (Lipinski definition) is 1. The average Bonchev–Trinajstić information content (AvgIpc) is 3.14. The van der Waals surface area contributed by atoms with E-state index in [9.17, 15) is 0 Å². The topological polar surface area (TPSA) is 37.8 Å². The van der Waals surface area contributed by atoms with E-state index in [0.717, 1.165) is 24.6 Å². The van der Waals surface area contributed by atoms with Gasteiger partial charge >= 0.3 is 0 Å². The smallest absolute Gasteiger partial charge is 0.0758 e. The van der Waals surface area contributed by atoms with E-state index in [-0.39, 0.29) is 0 Å². The highest BCUT2D eigenvalue weighted by molar-refractivity contribution is 5.05. The Morgan fingerprint density at radius 3 is 2.81 bits per heavy atom. The van der Waals surface area contributed by atoms with Crippen LogP contribution in [0.2, 0.25) is 0 Å². The lowest BCUT2D eigenvalue weighted by molar-refractivity contribution is 0.342. The van der Waals surface area contributed by atoms with Crippen molar-refractivity contribution in [3.8, 4) is 0 Å². The Hall–Kier alpha value is -0.960. The summed E-state index contributed by atoms with van der Waals surface area (Å²) in [7, 11) is 0. The zero-order valence-corrected chi connectivity index (χ0v) is 10.2. The molecule has 2 atom stereocenters. The van der Waals surface area contributed by atoms with Crippen LogP contribution in [-0.4, -0.2) is 16.5 Å². The second-order valence-corrected chi connectivity index (χ2v) is 4.76. The van der Waals surface area contributed by atoms with E-state index < -0.39 is 0 Å². The molecule has 0 aliphatic heterocycles. The Morgan fingerprint density at radius 1 is 1.44 bits per heavy atom. The van der Waals surface area contributed by atoms with Crippen molar-refractivity contribution in [1.29, 1.82) is 0 Å². The van der Waals surface area contributed by atoms with Crippen LogP contribution in [0.5, 0.6) is 0 Å². The Balaban J connectivity index is 2.07. The molecule has 2 unspecified atom stereocenters. The Labute approximate surface area is 97.7 Å². The van der Waals surface area contributed by atoms with Gasteiger partial charge in [-0.1, -0.05) is 13.8 Å². The SMILES string of the molecule is CCCNC(c1cnccn1)C(C)C1CC1. The zero-order valence-electron chi connectivity index (χ0n) is 10.2. The molecule has 0 radical (unpaired) electrons. The largest absolute Gasteiger partial charge is 0.308 e. The summed E-state index contributed by atoms with van der Waals surface area (Å²) in [6.45, 7) is 5.58. The third-order valence-corrected chi connectivity index (χ3v) is 3.41. The van der Waals surface area contributed by atoms with Gasteiger partial charge in [0.25, 0.3) is 0 Å². The predicted octanol–water partition coefficient (Wildman–Crippen LogP) is 2.56. The molecule has 2 rings (SSSR count). The lowest BCUT2D eigenvalue weighted by Gasteiger charge is -2.24. The first-order chi connectivity index (χ1) is 7.83. The standard InChI is InChI=1S/C13H21N3/c1-3-6-16-13(10(2)11-4-5-11)12-9-14-7-8-15-12/h7-11,13,16H,3-6H2,1-2H3. The highest BCUT2D eigenvalue weighted by Gasteiger charge is 2.34. The van der Waals surface area contributed by atoms with Gasteiger partial charge < -0.3 is 5.32 Å². The van der Waals surface area contributed by atoms with E-state index in [1.807, 2.05) is 6.20 Å². The maximum atomic E-state index is 4.44. The lowest BCUT2D eigenvalue weighted by Crippen LogP contribution is -2.29. The Bertz CT molecular complexity index is 308. The van der Waals surface area contributed by atoms with Crippen molar-refractivity contribution in [2.24, 2.45) is 11.8 Å². The van der Waals surface area contributed by atoms with Crippen LogP contribution >= 0.6 is 0 Å². The Morgan fingerprint density at radius 2 is 2.25 bits per heavy atom. The van der Waals surface area contributed by atoms with E-state index in [1.54, 1.807) is 12.4 Å². The molecule has 0 spiro atoms. The quantitative estimate of drug-likeness (QED) is 0.799. The maximum absolute atomic E-state index is 4.44. The molecule has 0 bridgehead atoms. The van der Waals surface area contributed by atoms with Crippen LogP contribution in [0.4, 0.5) is 0 Å². The molecule has 3 nitrogen and oxygen atoms in total. The van der Waals surface area contributed by atoms with E-state index >= 15 is 0 Å². The number of hydrogen-bond acceptors (Lipinski definition) is 3. The fourth-order valence-electron chi connectivity index (χ4n) is 2.23. The Kier molecular flexibility index (Phi) is 3.88. The molecule has 1 saturated carbocycles. The van der Waals surface area contributed by atoms with Crippen molar-refractivity contribution < 1.29 is 0 Å². The van der Waals surface area contributed by atoms with Crippen LogP contribution < -0.4 is 5.32 Å². The van der Waals surface area contributed by atoms with Crippen LogP contribution in [0.3, 0.4) is 0 Å². The number of aromatic nitrogens is 2. The molecular weight excluding hydrogens is 198 g/mol. The van der Waals surface area contributed by atoms with Crippen LogP contribution in [0, 0.1) is 11.8 Å². The van der Waals surface area contributed by atoms with E-state index in [0.29, 0.717) is 12.0 Å². The summed E-state index contributed by atoms with van der Waals surface area (Å²) in [5.74, 6) is 1.56. The van der Waals surface area contributed by atoms with Gasteiger partial charge in [-0.3, -0.25) is 9.97 Å². The predicted molar refractivity (Wildman–Crippen MR) is 65.0 cm³/mol. The summed E-state index contributed by atoms with van der Waals surface area (Å²) in [5, 5.41) is 3.60. The molecule has 3 heteroatoms. The number of nitrogens with zero attached hydrogens (tertiary/aromatic N) is 2. The van der Waals surface area contributed by atoms with Crippen molar-refractivity contribution >= 4 is 0 Å². The monoisotopic (exact) mass is 219 g/mol. The van der Waals surface area contributed by atoms with Gasteiger partial charge in [-0.2, -0.15) is 0 Å². The molecule has 0 aromatic carbocycles. The van der Waals surface area contributed by atoms with Gasteiger partial charge in [-0.25, -0.2) is 0 Å². The van der Waals surface area contributed by atoms with Crippen molar-refractivity contribution in [3.63, 3.8) is 0 Å². The molecule has 1 aromatic rings. The van der Waals surface area contributed by atoms with Crippen molar-refractivity contribution in [2.75, 3.05) is 6.54 Å². The summed E-state index contributed by atoms with van der Waals surface area (Å²) >= 11 is 0. The molecular formula is C13H21N3. The highest BCUT2D eigenvalue weighted by Crippen LogP contribution is 2.42. The van der Waals surface area contributed by atoms with Gasteiger partial charge in [0.15, 0.2) is 0 Å². The summed E-state index contributed by atoms with van der Waals surface area (Å²) in [4.78, 5) is 8.61. The van der Waals surface area contributed by atoms with Crippen molar-refractivity contribution in [3.05, 3.63) is 24.3 Å². The van der Waals surface area contributed by atoms with Crippen LogP contribution in [0.15, 0.2) is 18.6 Å². The van der Waals surface area contributed by atoms with E-state index in [1.165, 1.54) is 12.8 Å². The second kappa shape index (κ2) is 5.39. The number of rotatable bonds is 6. The maximum Gasteiger partial charge on any atom is 0.0758 e. The van der Waals surface area contributed by atoms with Crippen LogP contribution in [0.1, 0.15) is 44.8 Å². The summed E-state index contributed by atoms with van der Waals surface area (Å²) in [5.41, 5.74) is 1.09. The number of nitrogens with one attached hydrogen (secondary N) is 1. The van der Waals surface area contributed by atoms with E-state index in [2.05, 4.69) is 29.1 Å². The van der Waals surface area contributed by atoms with Crippen molar-refractivity contribution in [1.82, 2.24) is 15.3 Å². The zero-order chi connectivity index (χ0) is 11.4. The van der Waals surface area contributed by atoms with E-state index in [4.69, 9.17) is 0 Å². The summed E-state index contributed by atoms with van der Waals surface area (Å²) in [6.07, 6.45) is 9.34. The minimum atomic E-state index is 0.376. The van der Waals surface area contributed by atoms with Gasteiger partial charge in [0.2, 0.25) is 0 Å².